The van der Waals surface area contributed by atoms with Crippen molar-refractivity contribution < 1.29 is 19.4 Å². The van der Waals surface area contributed by atoms with Crippen LogP contribution in [-0.2, 0) is 9.36 Å². The summed E-state index contributed by atoms with van der Waals surface area (Å²) >= 11 is 0. The van der Waals surface area contributed by atoms with Crippen LogP contribution in [0.15, 0.2) is 0 Å². The minimum atomic E-state index is -2.75. The number of carboxylic acids is 1. The number of hydrogen-bond acceptors (Lipinski definition) is 3. The zero-order chi connectivity index (χ0) is 15.1. The molecule has 3 unspecified atom stereocenters. The smallest absolute Gasteiger partial charge is 0.307 e. The first-order chi connectivity index (χ1) is 9.40. The highest BCUT2D eigenvalue weighted by molar-refractivity contribution is 7.38. The fourth-order valence-corrected chi connectivity index (χ4v) is 3.91. The van der Waals surface area contributed by atoms with Crippen molar-refractivity contribution in [1.29, 1.82) is 0 Å². The molecule has 20 heavy (non-hydrogen) atoms. The third kappa shape index (κ3) is 6.38. The number of nitrogens with two attached hydrogens (primary N) is 1. The standard InChI is InChI=1S/C14H28NO4P/c1-10(7-12(14(16)17)9-20(18)19)13(15)8-11-5-3-2-4-6-11/h10-13,20H,2-9,15H2,1H3,(H,16,17)(H,18,19)/t10?,12?,13-/m1/s1. The van der Waals surface area contributed by atoms with Crippen molar-refractivity contribution in [2.45, 2.75) is 57.9 Å². The van der Waals surface area contributed by atoms with Crippen LogP contribution in [-0.4, -0.2) is 28.2 Å². The number of carbonyl (C=O) groups is 1. The molecule has 0 aliphatic heterocycles. The van der Waals surface area contributed by atoms with Crippen molar-refractivity contribution in [3.8, 4) is 0 Å². The van der Waals surface area contributed by atoms with E-state index in [1.807, 2.05) is 6.92 Å². The normalized spacial score (nSPS) is 22.9. The van der Waals surface area contributed by atoms with E-state index in [1.54, 1.807) is 0 Å². The number of carboxylic acid groups (broad SMARTS) is 1. The van der Waals surface area contributed by atoms with Gasteiger partial charge in [-0.15, -0.1) is 0 Å². The predicted octanol–water partition coefficient (Wildman–Crippen LogP) is 2.48. The predicted molar refractivity (Wildman–Crippen MR) is 80.2 cm³/mol. The summed E-state index contributed by atoms with van der Waals surface area (Å²) in [5, 5.41) is 9.10. The lowest BCUT2D eigenvalue weighted by molar-refractivity contribution is -0.141. The summed E-state index contributed by atoms with van der Waals surface area (Å²) in [4.78, 5) is 20.0. The van der Waals surface area contributed by atoms with Crippen LogP contribution in [0.25, 0.3) is 0 Å². The summed E-state index contributed by atoms with van der Waals surface area (Å²) in [7, 11) is -2.75. The zero-order valence-electron chi connectivity index (χ0n) is 12.3. The molecule has 6 heteroatoms. The summed E-state index contributed by atoms with van der Waals surface area (Å²) in [6.07, 6.45) is 7.52. The number of hydrogen-bond donors (Lipinski definition) is 3. The topological polar surface area (TPSA) is 101 Å². The maximum Gasteiger partial charge on any atom is 0.307 e. The van der Waals surface area contributed by atoms with E-state index in [2.05, 4.69) is 0 Å². The number of rotatable bonds is 8. The monoisotopic (exact) mass is 305 g/mol. The van der Waals surface area contributed by atoms with E-state index >= 15 is 0 Å². The van der Waals surface area contributed by atoms with Crippen molar-refractivity contribution in [3.63, 3.8) is 0 Å². The summed E-state index contributed by atoms with van der Waals surface area (Å²) in [5.41, 5.74) is 6.20. The van der Waals surface area contributed by atoms with E-state index in [0.717, 1.165) is 6.42 Å². The van der Waals surface area contributed by atoms with Crippen LogP contribution in [0.2, 0.25) is 0 Å². The molecule has 0 spiro atoms. The van der Waals surface area contributed by atoms with Crippen LogP contribution in [0.3, 0.4) is 0 Å². The third-order valence-corrected chi connectivity index (χ3v) is 5.33. The molecule has 4 atom stereocenters. The van der Waals surface area contributed by atoms with Crippen molar-refractivity contribution in [2.75, 3.05) is 6.16 Å². The second-order valence-corrected chi connectivity index (χ2v) is 7.45. The zero-order valence-corrected chi connectivity index (χ0v) is 13.3. The van der Waals surface area contributed by atoms with Crippen molar-refractivity contribution in [1.82, 2.24) is 0 Å². The van der Waals surface area contributed by atoms with Gasteiger partial charge in [-0.25, -0.2) is 0 Å². The molecule has 0 aromatic rings. The Kier molecular flexibility index (Phi) is 7.78. The largest absolute Gasteiger partial charge is 0.481 e. The van der Waals surface area contributed by atoms with Crippen molar-refractivity contribution >= 4 is 14.0 Å². The molecule has 0 saturated heterocycles. The molecule has 1 fully saturated rings. The Morgan fingerprint density at radius 2 is 1.95 bits per heavy atom. The quantitative estimate of drug-likeness (QED) is 0.598. The van der Waals surface area contributed by atoms with E-state index in [-0.39, 0.29) is 18.1 Å². The molecule has 1 saturated carbocycles. The summed E-state index contributed by atoms with van der Waals surface area (Å²) < 4.78 is 10.9. The minimum absolute atomic E-state index is 0.0130. The Labute approximate surface area is 121 Å². The van der Waals surface area contributed by atoms with E-state index in [9.17, 15) is 9.36 Å². The molecule has 118 valence electrons. The Morgan fingerprint density at radius 1 is 1.35 bits per heavy atom. The van der Waals surface area contributed by atoms with Gasteiger partial charge in [0.15, 0.2) is 8.03 Å². The van der Waals surface area contributed by atoms with Crippen LogP contribution in [0, 0.1) is 17.8 Å². The average molecular weight is 305 g/mol. The maximum absolute atomic E-state index is 11.1. The van der Waals surface area contributed by atoms with Crippen LogP contribution in [0.4, 0.5) is 0 Å². The highest BCUT2D eigenvalue weighted by atomic mass is 31.1. The molecule has 5 nitrogen and oxygen atoms in total. The van der Waals surface area contributed by atoms with Crippen LogP contribution in [0.5, 0.6) is 0 Å². The molecule has 1 rings (SSSR count). The second-order valence-electron chi connectivity index (χ2n) is 6.25. The molecule has 0 aromatic heterocycles. The van der Waals surface area contributed by atoms with Gasteiger partial charge in [-0.05, 0) is 24.7 Å². The molecule has 0 radical (unpaired) electrons. The summed E-state index contributed by atoms with van der Waals surface area (Å²) in [5.74, 6) is -1.01. The van der Waals surface area contributed by atoms with Gasteiger partial charge in [0.05, 0.1) is 5.92 Å². The molecule has 0 aromatic carbocycles. The van der Waals surface area contributed by atoms with Crippen LogP contribution in [0.1, 0.15) is 51.9 Å². The van der Waals surface area contributed by atoms with E-state index in [1.165, 1.54) is 32.1 Å². The molecule has 1 aliphatic carbocycles. The SMILES string of the molecule is CC(CC(C[PH](=O)O)C(=O)O)[C@H](N)CC1CCCCC1. The third-order valence-electron chi connectivity index (χ3n) is 4.49. The van der Waals surface area contributed by atoms with Gasteiger partial charge >= 0.3 is 5.97 Å². The van der Waals surface area contributed by atoms with Crippen molar-refractivity contribution in [3.05, 3.63) is 0 Å². The Balaban J connectivity index is 2.43. The number of aliphatic carboxylic acids is 1. The Morgan fingerprint density at radius 3 is 2.45 bits per heavy atom. The van der Waals surface area contributed by atoms with E-state index in [4.69, 9.17) is 15.7 Å². The highest BCUT2D eigenvalue weighted by Crippen LogP contribution is 2.30. The lowest BCUT2D eigenvalue weighted by atomic mass is 9.80. The first kappa shape index (κ1) is 17.7. The minimum Gasteiger partial charge on any atom is -0.481 e. The molecule has 0 amide bonds. The van der Waals surface area contributed by atoms with Gasteiger partial charge in [-0.2, -0.15) is 0 Å². The molecule has 1 aliphatic rings. The molecule has 4 N–H and O–H groups in total. The van der Waals surface area contributed by atoms with Gasteiger partial charge in [-0.3, -0.25) is 9.36 Å². The van der Waals surface area contributed by atoms with E-state index in [0.29, 0.717) is 12.3 Å². The van der Waals surface area contributed by atoms with Gasteiger partial charge in [0.1, 0.15) is 0 Å². The fourth-order valence-electron chi connectivity index (χ4n) is 3.15. The van der Waals surface area contributed by atoms with Gasteiger partial charge in [0.25, 0.3) is 0 Å². The molecule has 0 bridgehead atoms. The maximum atomic E-state index is 11.1. The Hall–Kier alpha value is -0.380. The van der Waals surface area contributed by atoms with Crippen LogP contribution >= 0.6 is 8.03 Å². The molecule has 0 heterocycles. The summed E-state index contributed by atoms with van der Waals surface area (Å²) in [6, 6.07) is -0.0130. The van der Waals surface area contributed by atoms with Gasteiger partial charge in [0.2, 0.25) is 0 Å². The lowest BCUT2D eigenvalue weighted by Crippen LogP contribution is -2.34. The first-order valence-electron chi connectivity index (χ1n) is 7.60. The van der Waals surface area contributed by atoms with E-state index < -0.39 is 19.9 Å². The fraction of sp³-hybridized carbons (Fsp3) is 0.929. The lowest BCUT2D eigenvalue weighted by Gasteiger charge is -2.28. The first-order valence-corrected chi connectivity index (χ1v) is 9.16. The Bertz CT molecular complexity index is 331. The van der Waals surface area contributed by atoms with Gasteiger partial charge < -0.3 is 15.7 Å². The molecular formula is C14H28NO4P. The second kappa shape index (κ2) is 8.81. The summed E-state index contributed by atoms with van der Waals surface area (Å²) in [6.45, 7) is 1.96. The van der Waals surface area contributed by atoms with Gasteiger partial charge in [-0.1, -0.05) is 39.0 Å². The van der Waals surface area contributed by atoms with Crippen molar-refractivity contribution in [2.24, 2.45) is 23.5 Å². The molecular weight excluding hydrogens is 277 g/mol. The average Bonchev–Trinajstić information content (AvgIpc) is 2.38. The van der Waals surface area contributed by atoms with Gasteiger partial charge in [0, 0.05) is 12.2 Å². The van der Waals surface area contributed by atoms with Crippen LogP contribution < -0.4 is 5.73 Å². The highest BCUT2D eigenvalue weighted by Gasteiger charge is 2.26.